The molecule has 0 spiro atoms. The minimum absolute atomic E-state index is 0.0949. The van der Waals surface area contributed by atoms with Crippen molar-refractivity contribution in [1.82, 2.24) is 4.90 Å². The topological polar surface area (TPSA) is 49.8 Å². The molecule has 19 heavy (non-hydrogen) atoms. The smallest absolute Gasteiger partial charge is 0.305 e. The molecule has 0 amide bonds. The summed E-state index contributed by atoms with van der Waals surface area (Å²) in [6.07, 6.45) is 8.22. The van der Waals surface area contributed by atoms with Crippen LogP contribution in [-0.4, -0.2) is 48.3 Å². The third-order valence-electron chi connectivity index (χ3n) is 4.95. The lowest BCUT2D eigenvalue weighted by Crippen LogP contribution is -2.51. The Hall–Kier alpha value is -0.610. The maximum Gasteiger partial charge on any atom is 0.305 e. The maximum absolute atomic E-state index is 11.2. The summed E-state index contributed by atoms with van der Waals surface area (Å²) in [7, 11) is 2.13. The van der Waals surface area contributed by atoms with Gasteiger partial charge in [-0.05, 0) is 38.6 Å². The first-order chi connectivity index (χ1) is 9.12. The lowest BCUT2D eigenvalue weighted by molar-refractivity contribution is -0.141. The van der Waals surface area contributed by atoms with E-state index in [4.69, 9.17) is 4.74 Å². The zero-order valence-electron chi connectivity index (χ0n) is 12.1. The number of nitrogens with zero attached hydrogens (tertiary/aromatic N) is 1. The van der Waals surface area contributed by atoms with Crippen LogP contribution in [-0.2, 0) is 9.53 Å². The van der Waals surface area contributed by atoms with Crippen LogP contribution < -0.4 is 0 Å². The van der Waals surface area contributed by atoms with Crippen LogP contribution >= 0.6 is 0 Å². The molecule has 0 aromatic heterocycles. The normalized spacial score (nSPS) is 24.5. The summed E-state index contributed by atoms with van der Waals surface area (Å²) >= 11 is 0. The van der Waals surface area contributed by atoms with Crippen molar-refractivity contribution < 1.29 is 14.6 Å². The van der Waals surface area contributed by atoms with Crippen LogP contribution in [0.4, 0.5) is 0 Å². The molecule has 1 heterocycles. The second-order valence-corrected chi connectivity index (χ2v) is 6.29. The van der Waals surface area contributed by atoms with Gasteiger partial charge >= 0.3 is 5.97 Å². The highest BCUT2D eigenvalue weighted by Crippen LogP contribution is 2.36. The molecule has 110 valence electrons. The van der Waals surface area contributed by atoms with Gasteiger partial charge in [-0.25, -0.2) is 0 Å². The molecule has 0 unspecified atom stereocenters. The molecule has 2 fully saturated rings. The third-order valence-corrected chi connectivity index (χ3v) is 4.95. The van der Waals surface area contributed by atoms with E-state index in [9.17, 15) is 9.90 Å². The number of hydrogen-bond donors (Lipinski definition) is 1. The van der Waals surface area contributed by atoms with Gasteiger partial charge in [-0.2, -0.15) is 0 Å². The first-order valence-corrected chi connectivity index (χ1v) is 7.63. The second kappa shape index (κ2) is 6.71. The van der Waals surface area contributed by atoms with Gasteiger partial charge in [0.25, 0.3) is 0 Å². The van der Waals surface area contributed by atoms with E-state index in [2.05, 4.69) is 11.9 Å². The van der Waals surface area contributed by atoms with Crippen LogP contribution in [0.5, 0.6) is 0 Å². The van der Waals surface area contributed by atoms with Gasteiger partial charge in [0.15, 0.2) is 0 Å². The van der Waals surface area contributed by atoms with E-state index in [1.54, 1.807) is 0 Å². The summed E-state index contributed by atoms with van der Waals surface area (Å²) in [6.45, 7) is 2.76. The average Bonchev–Trinajstić information content (AvgIpc) is 2.40. The van der Waals surface area contributed by atoms with Crippen molar-refractivity contribution in [2.75, 3.05) is 26.8 Å². The molecule has 0 atom stereocenters. The molecule has 2 aliphatic rings. The number of carbonyl (C=O) groups is 1. The minimum atomic E-state index is -0.652. The Balaban J connectivity index is 1.97. The van der Waals surface area contributed by atoms with Crippen LogP contribution in [0.2, 0.25) is 0 Å². The fourth-order valence-electron chi connectivity index (χ4n) is 3.69. The fourth-order valence-corrected chi connectivity index (χ4v) is 3.69. The second-order valence-electron chi connectivity index (χ2n) is 6.29. The van der Waals surface area contributed by atoms with Gasteiger partial charge in [0.05, 0.1) is 6.42 Å². The monoisotopic (exact) mass is 269 g/mol. The molecule has 4 nitrogen and oxygen atoms in total. The quantitative estimate of drug-likeness (QED) is 0.833. The Morgan fingerprint density at radius 3 is 2.47 bits per heavy atom. The molecule has 1 N–H and O–H groups in total. The SMILES string of the molecule is CN(CC1CCOCC1)C1(CC(=O)O)CCCCC1. The van der Waals surface area contributed by atoms with Gasteiger partial charge in [-0.3, -0.25) is 9.69 Å². The first-order valence-electron chi connectivity index (χ1n) is 7.63. The average molecular weight is 269 g/mol. The van der Waals surface area contributed by atoms with Crippen molar-refractivity contribution in [2.24, 2.45) is 5.92 Å². The van der Waals surface area contributed by atoms with E-state index >= 15 is 0 Å². The van der Waals surface area contributed by atoms with Gasteiger partial charge < -0.3 is 9.84 Å². The van der Waals surface area contributed by atoms with Crippen molar-refractivity contribution in [3.05, 3.63) is 0 Å². The zero-order chi connectivity index (χ0) is 13.7. The third kappa shape index (κ3) is 3.93. The van der Waals surface area contributed by atoms with Crippen LogP contribution in [0.25, 0.3) is 0 Å². The highest BCUT2D eigenvalue weighted by molar-refractivity contribution is 5.68. The van der Waals surface area contributed by atoms with E-state index in [0.29, 0.717) is 12.3 Å². The Kier molecular flexibility index (Phi) is 5.22. The fraction of sp³-hybridized carbons (Fsp3) is 0.933. The van der Waals surface area contributed by atoms with Gasteiger partial charge in [0, 0.05) is 25.3 Å². The molecule has 0 aromatic carbocycles. The highest BCUT2D eigenvalue weighted by Gasteiger charge is 2.38. The zero-order valence-corrected chi connectivity index (χ0v) is 12.1. The lowest BCUT2D eigenvalue weighted by atomic mass is 9.77. The molecule has 4 heteroatoms. The number of aliphatic carboxylic acids is 1. The van der Waals surface area contributed by atoms with Gasteiger partial charge in [0.2, 0.25) is 0 Å². The predicted molar refractivity (Wildman–Crippen MR) is 74.2 cm³/mol. The molecule has 1 aliphatic heterocycles. The number of ether oxygens (including phenoxy) is 1. The lowest BCUT2D eigenvalue weighted by Gasteiger charge is -2.45. The molecular weight excluding hydrogens is 242 g/mol. The van der Waals surface area contributed by atoms with Crippen LogP contribution in [0.3, 0.4) is 0 Å². The number of rotatable bonds is 5. The predicted octanol–water partition coefficient (Wildman–Crippen LogP) is 2.52. The Labute approximate surface area is 116 Å². The number of carboxylic acid groups (broad SMARTS) is 1. The Morgan fingerprint density at radius 1 is 1.26 bits per heavy atom. The first kappa shape index (κ1) is 14.8. The summed E-state index contributed by atoms with van der Waals surface area (Å²) in [4.78, 5) is 13.6. The molecule has 0 aromatic rings. The Morgan fingerprint density at radius 2 is 1.89 bits per heavy atom. The highest BCUT2D eigenvalue weighted by atomic mass is 16.5. The summed E-state index contributed by atoms with van der Waals surface area (Å²) < 4.78 is 5.40. The van der Waals surface area contributed by atoms with Crippen LogP contribution in [0.1, 0.15) is 51.4 Å². The molecular formula is C15H27NO3. The molecule has 0 radical (unpaired) electrons. The standard InChI is InChI=1S/C15H27NO3/c1-16(12-13-5-9-19-10-6-13)15(11-14(17)18)7-3-2-4-8-15/h13H,2-12H2,1H3,(H,17,18). The minimum Gasteiger partial charge on any atom is -0.481 e. The van der Waals surface area contributed by atoms with E-state index in [1.807, 2.05) is 0 Å². The summed E-state index contributed by atoms with van der Waals surface area (Å²) in [6, 6.07) is 0. The summed E-state index contributed by atoms with van der Waals surface area (Å²) in [5.41, 5.74) is -0.0949. The summed E-state index contributed by atoms with van der Waals surface area (Å²) in [5, 5.41) is 9.24. The molecule has 1 saturated heterocycles. The van der Waals surface area contributed by atoms with Gasteiger partial charge in [0.1, 0.15) is 0 Å². The number of hydrogen-bond acceptors (Lipinski definition) is 3. The van der Waals surface area contributed by atoms with Crippen molar-refractivity contribution in [2.45, 2.75) is 56.9 Å². The molecule has 1 saturated carbocycles. The molecule has 2 rings (SSSR count). The van der Waals surface area contributed by atoms with Crippen molar-refractivity contribution in [3.8, 4) is 0 Å². The van der Waals surface area contributed by atoms with E-state index < -0.39 is 5.97 Å². The summed E-state index contributed by atoms with van der Waals surface area (Å²) in [5.74, 6) is 0.0204. The van der Waals surface area contributed by atoms with E-state index in [0.717, 1.165) is 45.4 Å². The largest absolute Gasteiger partial charge is 0.481 e. The van der Waals surface area contributed by atoms with Gasteiger partial charge in [-0.1, -0.05) is 19.3 Å². The van der Waals surface area contributed by atoms with Crippen molar-refractivity contribution in [3.63, 3.8) is 0 Å². The maximum atomic E-state index is 11.2. The van der Waals surface area contributed by atoms with Crippen LogP contribution in [0.15, 0.2) is 0 Å². The van der Waals surface area contributed by atoms with E-state index in [-0.39, 0.29) is 5.54 Å². The Bertz CT molecular complexity index is 294. The molecule has 0 bridgehead atoms. The molecule has 1 aliphatic carbocycles. The number of carboxylic acids is 1. The van der Waals surface area contributed by atoms with E-state index in [1.165, 1.54) is 19.3 Å². The van der Waals surface area contributed by atoms with Crippen LogP contribution in [0, 0.1) is 5.92 Å². The van der Waals surface area contributed by atoms with Gasteiger partial charge in [-0.15, -0.1) is 0 Å². The van der Waals surface area contributed by atoms with Crippen molar-refractivity contribution >= 4 is 5.97 Å². The van der Waals surface area contributed by atoms with Crippen molar-refractivity contribution in [1.29, 1.82) is 0 Å².